The zero-order valence-corrected chi connectivity index (χ0v) is 12.3. The van der Waals surface area contributed by atoms with Crippen LogP contribution in [-0.4, -0.2) is 11.0 Å². The molecular formula is C16H21N3O2. The van der Waals surface area contributed by atoms with Gasteiger partial charge in [0.25, 0.3) is 5.69 Å². The monoisotopic (exact) mass is 287 g/mol. The molecule has 0 amide bonds. The van der Waals surface area contributed by atoms with Gasteiger partial charge in [0.05, 0.1) is 16.6 Å². The van der Waals surface area contributed by atoms with Crippen molar-refractivity contribution < 1.29 is 4.92 Å². The minimum absolute atomic E-state index is 0.0108. The minimum Gasteiger partial charge on any atom is -0.376 e. The third kappa shape index (κ3) is 3.72. The van der Waals surface area contributed by atoms with E-state index in [9.17, 15) is 10.1 Å². The van der Waals surface area contributed by atoms with Gasteiger partial charge in [-0.3, -0.25) is 10.1 Å². The number of nitrogens with zero attached hydrogens (tertiary/aromatic N) is 2. The van der Waals surface area contributed by atoms with E-state index in [0.717, 1.165) is 6.42 Å². The summed E-state index contributed by atoms with van der Waals surface area (Å²) in [5.41, 5.74) is 0.831. The van der Waals surface area contributed by atoms with E-state index in [1.165, 1.54) is 38.2 Å². The standard InChI is InChI=1S/C16H21N3O2/c1-2-14(13-6-4-3-5-7-13)18-15-9-8-12(11-17)10-16(15)19(20)21/h8-10,13-14,18H,2-7H2,1H3. The number of benzene rings is 1. The van der Waals surface area contributed by atoms with Crippen molar-refractivity contribution in [2.24, 2.45) is 5.92 Å². The number of rotatable bonds is 5. The van der Waals surface area contributed by atoms with Crippen LogP contribution in [0.1, 0.15) is 51.0 Å². The Morgan fingerprint density at radius 2 is 2.14 bits per heavy atom. The first-order valence-corrected chi connectivity index (χ1v) is 7.60. The van der Waals surface area contributed by atoms with Crippen LogP contribution in [-0.2, 0) is 0 Å². The molecule has 5 heteroatoms. The van der Waals surface area contributed by atoms with E-state index in [-0.39, 0.29) is 11.7 Å². The average molecular weight is 287 g/mol. The highest BCUT2D eigenvalue weighted by Crippen LogP contribution is 2.32. The molecule has 2 rings (SSSR count). The van der Waals surface area contributed by atoms with Crippen molar-refractivity contribution in [2.45, 2.75) is 51.5 Å². The van der Waals surface area contributed by atoms with Crippen LogP contribution in [0.4, 0.5) is 11.4 Å². The first-order valence-electron chi connectivity index (χ1n) is 7.60. The van der Waals surface area contributed by atoms with Crippen molar-refractivity contribution in [1.29, 1.82) is 5.26 Å². The van der Waals surface area contributed by atoms with Crippen molar-refractivity contribution in [3.05, 3.63) is 33.9 Å². The van der Waals surface area contributed by atoms with Crippen LogP contribution in [0.25, 0.3) is 0 Å². The van der Waals surface area contributed by atoms with Crippen LogP contribution in [0.3, 0.4) is 0 Å². The first-order chi connectivity index (χ1) is 10.2. The van der Waals surface area contributed by atoms with Gasteiger partial charge in [0.1, 0.15) is 5.69 Å². The van der Waals surface area contributed by atoms with Crippen molar-refractivity contribution in [1.82, 2.24) is 0 Å². The van der Waals surface area contributed by atoms with Gasteiger partial charge in [-0.2, -0.15) is 5.26 Å². The predicted molar refractivity (Wildman–Crippen MR) is 82.1 cm³/mol. The van der Waals surface area contributed by atoms with Gasteiger partial charge >= 0.3 is 0 Å². The Balaban J connectivity index is 2.20. The van der Waals surface area contributed by atoms with E-state index in [1.54, 1.807) is 12.1 Å². The Morgan fingerprint density at radius 3 is 2.71 bits per heavy atom. The maximum absolute atomic E-state index is 11.2. The van der Waals surface area contributed by atoms with Gasteiger partial charge in [-0.15, -0.1) is 0 Å². The summed E-state index contributed by atoms with van der Waals surface area (Å²) in [6.45, 7) is 2.11. The molecule has 0 heterocycles. The SMILES string of the molecule is CCC(Nc1ccc(C#N)cc1[N+](=O)[O-])C1CCCCC1. The van der Waals surface area contributed by atoms with Gasteiger partial charge in [-0.25, -0.2) is 0 Å². The fourth-order valence-electron chi connectivity index (χ4n) is 3.16. The topological polar surface area (TPSA) is 79.0 Å². The predicted octanol–water partition coefficient (Wildman–Crippen LogP) is 4.24. The molecule has 5 nitrogen and oxygen atoms in total. The summed E-state index contributed by atoms with van der Waals surface area (Å²) < 4.78 is 0. The van der Waals surface area contributed by atoms with Crippen molar-refractivity contribution >= 4 is 11.4 Å². The molecule has 1 aliphatic carbocycles. The molecule has 112 valence electrons. The number of nitro benzene ring substituents is 1. The summed E-state index contributed by atoms with van der Waals surface area (Å²) in [7, 11) is 0. The average Bonchev–Trinajstić information content (AvgIpc) is 2.53. The van der Waals surface area contributed by atoms with Crippen LogP contribution < -0.4 is 5.32 Å². The number of nitro groups is 1. The van der Waals surface area contributed by atoms with Crippen LogP contribution in [0, 0.1) is 27.4 Å². The lowest BCUT2D eigenvalue weighted by atomic mass is 9.83. The van der Waals surface area contributed by atoms with Gasteiger partial charge in [-0.05, 0) is 37.3 Å². The van der Waals surface area contributed by atoms with Gasteiger partial charge in [0, 0.05) is 12.1 Å². The van der Waals surface area contributed by atoms with E-state index >= 15 is 0 Å². The Bertz CT molecular complexity index is 545. The molecule has 0 radical (unpaired) electrons. The van der Waals surface area contributed by atoms with Crippen LogP contribution in [0.15, 0.2) is 18.2 Å². The molecule has 1 aromatic rings. The van der Waals surface area contributed by atoms with E-state index in [0.29, 0.717) is 17.2 Å². The van der Waals surface area contributed by atoms with Gasteiger partial charge < -0.3 is 5.32 Å². The highest BCUT2D eigenvalue weighted by molar-refractivity contribution is 5.64. The number of anilines is 1. The highest BCUT2D eigenvalue weighted by Gasteiger charge is 2.24. The largest absolute Gasteiger partial charge is 0.376 e. The number of hydrogen-bond donors (Lipinski definition) is 1. The Hall–Kier alpha value is -2.09. The lowest BCUT2D eigenvalue weighted by Gasteiger charge is -2.30. The molecule has 1 saturated carbocycles. The lowest BCUT2D eigenvalue weighted by molar-refractivity contribution is -0.384. The molecule has 1 aliphatic rings. The van der Waals surface area contributed by atoms with E-state index in [2.05, 4.69) is 12.2 Å². The van der Waals surface area contributed by atoms with Gasteiger partial charge in [0.2, 0.25) is 0 Å². The van der Waals surface area contributed by atoms with Gasteiger partial charge in [0.15, 0.2) is 0 Å². The number of nitriles is 1. The molecule has 0 aliphatic heterocycles. The fourth-order valence-corrected chi connectivity index (χ4v) is 3.16. The smallest absolute Gasteiger partial charge is 0.293 e. The molecular weight excluding hydrogens is 266 g/mol. The summed E-state index contributed by atoms with van der Waals surface area (Å²) in [6, 6.07) is 6.83. The second kappa shape index (κ2) is 7.07. The molecule has 0 aromatic heterocycles. The maximum atomic E-state index is 11.2. The molecule has 21 heavy (non-hydrogen) atoms. The Kier molecular flexibility index (Phi) is 5.15. The second-order valence-corrected chi connectivity index (χ2v) is 5.66. The molecule has 0 bridgehead atoms. The quantitative estimate of drug-likeness (QED) is 0.649. The van der Waals surface area contributed by atoms with E-state index in [4.69, 9.17) is 5.26 Å². The molecule has 1 unspecified atom stereocenters. The van der Waals surface area contributed by atoms with E-state index in [1.807, 2.05) is 6.07 Å². The molecule has 1 aromatic carbocycles. The summed E-state index contributed by atoms with van der Waals surface area (Å²) in [6.07, 6.45) is 7.12. The molecule has 1 atom stereocenters. The minimum atomic E-state index is -0.420. The van der Waals surface area contributed by atoms with Crippen LogP contribution in [0.2, 0.25) is 0 Å². The maximum Gasteiger partial charge on any atom is 0.293 e. The van der Waals surface area contributed by atoms with Crippen molar-refractivity contribution in [3.8, 4) is 6.07 Å². The fraction of sp³-hybridized carbons (Fsp3) is 0.562. The molecule has 1 fully saturated rings. The molecule has 0 spiro atoms. The summed E-state index contributed by atoms with van der Waals surface area (Å²) in [5, 5.41) is 23.4. The number of hydrogen-bond acceptors (Lipinski definition) is 4. The van der Waals surface area contributed by atoms with Crippen molar-refractivity contribution in [2.75, 3.05) is 5.32 Å². The molecule has 1 N–H and O–H groups in total. The van der Waals surface area contributed by atoms with Crippen LogP contribution in [0.5, 0.6) is 0 Å². The molecule has 0 saturated heterocycles. The normalized spacial score (nSPS) is 17.0. The zero-order chi connectivity index (χ0) is 15.2. The summed E-state index contributed by atoms with van der Waals surface area (Å²) >= 11 is 0. The van der Waals surface area contributed by atoms with Crippen molar-refractivity contribution in [3.63, 3.8) is 0 Å². The first kappa shape index (κ1) is 15.3. The second-order valence-electron chi connectivity index (χ2n) is 5.66. The summed E-state index contributed by atoms with van der Waals surface area (Å²) in [5.74, 6) is 0.582. The highest BCUT2D eigenvalue weighted by atomic mass is 16.6. The van der Waals surface area contributed by atoms with E-state index < -0.39 is 4.92 Å². The lowest BCUT2D eigenvalue weighted by Crippen LogP contribution is -2.30. The van der Waals surface area contributed by atoms with Gasteiger partial charge in [-0.1, -0.05) is 26.2 Å². The Labute approximate surface area is 125 Å². The zero-order valence-electron chi connectivity index (χ0n) is 12.3. The van der Waals surface area contributed by atoms with Crippen LogP contribution >= 0.6 is 0 Å². The summed E-state index contributed by atoms with van der Waals surface area (Å²) in [4.78, 5) is 10.8. The third-order valence-electron chi connectivity index (χ3n) is 4.32. The number of nitrogens with one attached hydrogen (secondary N) is 1. The third-order valence-corrected chi connectivity index (χ3v) is 4.32. The Morgan fingerprint density at radius 1 is 1.43 bits per heavy atom.